The van der Waals surface area contributed by atoms with Crippen LogP contribution in [0.1, 0.15) is 0 Å². The van der Waals surface area contributed by atoms with Crippen molar-refractivity contribution in [1.29, 1.82) is 0 Å². The summed E-state index contributed by atoms with van der Waals surface area (Å²) in [5, 5.41) is 0. The third-order valence-corrected chi connectivity index (χ3v) is 0. The summed E-state index contributed by atoms with van der Waals surface area (Å²) >= 11 is 0.125. The molecular weight excluding hydrogens is 203 g/mol. The topological polar surface area (TPSA) is 17.1 Å². The monoisotopic (exact) mass is 206 g/mol. The van der Waals surface area contributed by atoms with Gasteiger partial charge in [-0.2, -0.15) is 0 Å². The molecule has 4 heteroatoms. The van der Waals surface area contributed by atoms with E-state index in [4.69, 9.17) is 3.57 Å². The van der Waals surface area contributed by atoms with Crippen LogP contribution in [0.4, 0.5) is 0 Å². The molecule has 0 aromatic rings. The van der Waals surface area contributed by atoms with Gasteiger partial charge in [0.1, 0.15) is 0 Å². The van der Waals surface area contributed by atoms with Gasteiger partial charge in [-0.1, -0.05) is 0 Å². The molecule has 4 heavy (non-hydrogen) atoms. The van der Waals surface area contributed by atoms with Gasteiger partial charge in [-0.25, -0.2) is 0 Å². The quantitative estimate of drug-likeness (QED) is 0.422. The molecule has 0 fully saturated rings. The molecule has 0 unspecified atom stereocenters. The van der Waals surface area contributed by atoms with Crippen molar-refractivity contribution >= 4 is 44.7 Å². The molecule has 16 valence electrons. The van der Waals surface area contributed by atoms with E-state index in [1.807, 2.05) is 0 Å². The van der Waals surface area contributed by atoms with E-state index in [9.17, 15) is 0 Å². The van der Waals surface area contributed by atoms with E-state index in [2.05, 4.69) is 0 Å². The summed E-state index contributed by atoms with van der Waals surface area (Å²) < 4.78 is 8.38. The minimum atomic E-state index is 0. The fraction of sp³-hybridized carbons (Fsp3) is 0. The first-order valence-electron chi connectivity index (χ1n) is 0.289. The van der Waals surface area contributed by atoms with E-state index in [-0.39, 0.29) is 63.0 Å². The van der Waals surface area contributed by atoms with E-state index in [1.54, 1.807) is 0 Å². The number of hydrogen-bond acceptors (Lipinski definition) is 1. The van der Waals surface area contributed by atoms with Gasteiger partial charge < -0.3 is 0 Å². The van der Waals surface area contributed by atoms with Crippen molar-refractivity contribution in [2.75, 3.05) is 0 Å². The van der Waals surface area contributed by atoms with Crippen LogP contribution in [0.3, 0.4) is 0 Å². The Morgan fingerprint density at radius 2 is 1.25 bits per heavy atom. The molecule has 0 N–H and O–H groups in total. The Hall–Kier alpha value is 1.89. The second kappa shape index (κ2) is 20.7. The van der Waals surface area contributed by atoms with Gasteiger partial charge in [-0.3, -0.25) is 0 Å². The molecule has 0 aliphatic rings. The molecule has 0 radical (unpaired) electrons. The zero-order valence-corrected chi connectivity index (χ0v) is 4.08. The average molecular weight is 207 g/mol. The zero-order valence-electron chi connectivity index (χ0n) is 1.12. The van der Waals surface area contributed by atoms with E-state index in [0.717, 1.165) is 0 Å². The normalized spacial score (nSPS) is 1.50. The summed E-state index contributed by atoms with van der Waals surface area (Å²) in [4.78, 5) is 0. The van der Waals surface area contributed by atoms with Gasteiger partial charge >= 0.3 is 66.5 Å². The maximum atomic E-state index is 8.38. The Morgan fingerprint density at radius 3 is 1.25 bits per heavy atom. The van der Waals surface area contributed by atoms with Gasteiger partial charge in [0.25, 0.3) is 0 Å². The van der Waals surface area contributed by atoms with Crippen molar-refractivity contribution in [2.24, 2.45) is 0 Å². The summed E-state index contributed by atoms with van der Waals surface area (Å²) in [6.07, 6.45) is 0. The summed E-state index contributed by atoms with van der Waals surface area (Å²) in [6, 6.07) is 0. The maximum absolute atomic E-state index is 8.38. The Labute approximate surface area is 65.8 Å². The molecule has 0 aromatic heterocycles. The Kier molecular flexibility index (Phi) is 87.3. The molecule has 0 saturated heterocycles. The molecule has 0 aliphatic heterocycles. The van der Waals surface area contributed by atoms with E-state index in [1.165, 1.54) is 0 Å². The fourth-order valence-corrected chi connectivity index (χ4v) is 0. The van der Waals surface area contributed by atoms with Gasteiger partial charge in [0.2, 0.25) is 0 Å². The second-order valence-corrected chi connectivity index (χ2v) is 0. The van der Waals surface area contributed by atoms with Crippen molar-refractivity contribution in [1.82, 2.24) is 0 Å². The van der Waals surface area contributed by atoms with Gasteiger partial charge in [0.15, 0.2) is 0 Å². The van der Waals surface area contributed by atoms with Crippen LogP contribution in [0, 0.1) is 0 Å². The molecular formula is H4InLiOZn. The third-order valence-electron chi connectivity index (χ3n) is 0. The van der Waals surface area contributed by atoms with Crippen molar-refractivity contribution in [3.63, 3.8) is 0 Å². The number of rotatable bonds is 0. The summed E-state index contributed by atoms with van der Waals surface area (Å²) in [7, 11) is 0. The van der Waals surface area contributed by atoms with Crippen molar-refractivity contribution in [3.05, 3.63) is 0 Å². The molecule has 0 heterocycles. The van der Waals surface area contributed by atoms with E-state index < -0.39 is 0 Å². The zero-order chi connectivity index (χ0) is 2.00. The molecule has 0 aromatic carbocycles. The Morgan fingerprint density at radius 1 is 1.25 bits per heavy atom. The summed E-state index contributed by atoms with van der Waals surface area (Å²) in [5.74, 6) is 0. The molecule has 0 aliphatic carbocycles. The Bertz CT molecular complexity index is 8.00. The molecule has 0 atom stereocenters. The van der Waals surface area contributed by atoms with Crippen LogP contribution in [0.2, 0.25) is 0 Å². The molecule has 0 spiro atoms. The first kappa shape index (κ1) is 16.9. The van der Waals surface area contributed by atoms with Crippen LogP contribution >= 0.6 is 0 Å². The van der Waals surface area contributed by atoms with Crippen molar-refractivity contribution in [3.8, 4) is 0 Å². The van der Waals surface area contributed by atoms with E-state index in [0.29, 0.717) is 0 Å². The van der Waals surface area contributed by atoms with Gasteiger partial charge in [0.05, 0.1) is 0 Å². The predicted molar refractivity (Wildman–Crippen MR) is 17.8 cm³/mol. The number of hydrogen-bond donors (Lipinski definition) is 0. The van der Waals surface area contributed by atoms with Crippen LogP contribution in [0.15, 0.2) is 0 Å². The van der Waals surface area contributed by atoms with Gasteiger partial charge in [-0.15, -0.1) is 0 Å². The molecule has 0 rings (SSSR count). The van der Waals surface area contributed by atoms with Crippen LogP contribution in [0.5, 0.6) is 0 Å². The first-order chi connectivity index (χ1) is 1.00. The standard InChI is InChI=1S/In.Li.O.Zn.4H. The van der Waals surface area contributed by atoms with Gasteiger partial charge in [0, 0.05) is 0 Å². The van der Waals surface area contributed by atoms with E-state index >= 15 is 0 Å². The van der Waals surface area contributed by atoms with Crippen molar-refractivity contribution < 1.29 is 21.8 Å². The minimum absolute atomic E-state index is 0. The predicted octanol–water partition coefficient (Wildman–Crippen LogP) is -1.95. The average Bonchev–Trinajstić information content (AvgIpc) is 1.00. The van der Waals surface area contributed by atoms with Crippen molar-refractivity contribution in [2.45, 2.75) is 0 Å². The van der Waals surface area contributed by atoms with Crippen LogP contribution in [0.25, 0.3) is 0 Å². The first-order valence-corrected chi connectivity index (χ1v) is 1.50. The fourth-order valence-electron chi connectivity index (χ4n) is 0. The molecule has 0 bridgehead atoms. The molecule has 1 nitrogen and oxygen atoms in total. The summed E-state index contributed by atoms with van der Waals surface area (Å²) in [6.45, 7) is 0. The van der Waals surface area contributed by atoms with Gasteiger partial charge in [-0.05, 0) is 0 Å². The molecule has 0 amide bonds. The Balaban J connectivity index is -0.00000000500. The van der Waals surface area contributed by atoms with Crippen LogP contribution in [-0.4, -0.2) is 44.7 Å². The second-order valence-electron chi connectivity index (χ2n) is 0. The summed E-state index contributed by atoms with van der Waals surface area (Å²) in [5.41, 5.74) is 0. The third kappa shape index (κ3) is 9.09. The molecule has 0 saturated carbocycles. The van der Waals surface area contributed by atoms with Crippen LogP contribution in [-0.2, 0) is 21.8 Å². The van der Waals surface area contributed by atoms with Crippen LogP contribution < -0.4 is 0 Å². The SMILES string of the molecule is [InH3].[LiH].[O]=[Zn].